The number of rotatable bonds is 4. The van der Waals surface area contributed by atoms with E-state index < -0.39 is 0 Å². The number of benzene rings is 2. The maximum absolute atomic E-state index is 13.2. The maximum atomic E-state index is 13.2. The molecule has 6 heteroatoms. The summed E-state index contributed by atoms with van der Waals surface area (Å²) in [5.41, 5.74) is 5.71. The summed E-state index contributed by atoms with van der Waals surface area (Å²) in [5, 5.41) is 2.94. The van der Waals surface area contributed by atoms with Gasteiger partial charge in [-0.25, -0.2) is 9.98 Å². The number of aromatic nitrogens is 2. The van der Waals surface area contributed by atoms with Crippen molar-refractivity contribution in [1.82, 2.24) is 14.9 Å². The van der Waals surface area contributed by atoms with Crippen LogP contribution in [0.3, 0.4) is 0 Å². The second kappa shape index (κ2) is 7.95. The fourth-order valence-corrected chi connectivity index (χ4v) is 4.40. The molecule has 1 aromatic heterocycles. The summed E-state index contributed by atoms with van der Waals surface area (Å²) in [6.07, 6.45) is 3.82. The number of aliphatic imine (C=N–C) groups is 1. The number of hydrogen-bond acceptors (Lipinski definition) is 4. The first kappa shape index (κ1) is 19.4. The number of aryl methyl sites for hydroxylation is 3. The Labute approximate surface area is 180 Å². The van der Waals surface area contributed by atoms with Gasteiger partial charge in [-0.1, -0.05) is 35.9 Å². The van der Waals surface area contributed by atoms with Crippen molar-refractivity contribution in [2.45, 2.75) is 45.4 Å². The van der Waals surface area contributed by atoms with E-state index in [0.29, 0.717) is 24.5 Å². The quantitative estimate of drug-likeness (QED) is 0.714. The summed E-state index contributed by atoms with van der Waals surface area (Å²) in [5.74, 6) is 1.20. The van der Waals surface area contributed by atoms with Crippen molar-refractivity contribution in [3.63, 3.8) is 0 Å². The van der Waals surface area contributed by atoms with Gasteiger partial charge in [0.25, 0.3) is 5.56 Å². The van der Waals surface area contributed by atoms with Crippen molar-refractivity contribution >= 4 is 17.4 Å². The highest BCUT2D eigenvalue weighted by molar-refractivity contribution is 6.02. The molecule has 0 atom stereocenters. The Bertz CT molecular complexity index is 1260. The molecule has 0 bridgehead atoms. The van der Waals surface area contributed by atoms with Crippen LogP contribution in [0.25, 0.3) is 5.69 Å². The van der Waals surface area contributed by atoms with Crippen LogP contribution in [-0.4, -0.2) is 21.3 Å². The van der Waals surface area contributed by atoms with Crippen LogP contribution >= 0.6 is 0 Å². The number of carbonyl (C=O) groups excluding carboxylic acids is 1. The van der Waals surface area contributed by atoms with Crippen LogP contribution in [0, 0.1) is 6.92 Å². The smallest absolute Gasteiger partial charge is 0.261 e. The molecule has 1 N–H and O–H groups in total. The zero-order valence-electron chi connectivity index (χ0n) is 17.5. The van der Waals surface area contributed by atoms with Crippen LogP contribution in [0.2, 0.25) is 0 Å². The van der Waals surface area contributed by atoms with Gasteiger partial charge in [0.1, 0.15) is 11.7 Å². The molecule has 0 fully saturated rings. The monoisotopic (exact) mass is 412 g/mol. The van der Waals surface area contributed by atoms with E-state index in [0.717, 1.165) is 47.5 Å². The molecule has 1 amide bonds. The zero-order chi connectivity index (χ0) is 21.4. The maximum Gasteiger partial charge on any atom is 0.261 e. The average Bonchev–Trinajstić information content (AvgIpc) is 3.39. The second-order valence-corrected chi connectivity index (χ2v) is 8.20. The van der Waals surface area contributed by atoms with Crippen molar-refractivity contribution in [2.75, 3.05) is 0 Å². The van der Waals surface area contributed by atoms with Gasteiger partial charge < -0.3 is 5.32 Å². The van der Waals surface area contributed by atoms with Gasteiger partial charge in [-0.3, -0.25) is 14.2 Å². The third kappa shape index (κ3) is 3.81. The Morgan fingerprint density at radius 1 is 1.13 bits per heavy atom. The molecule has 1 aliphatic carbocycles. The van der Waals surface area contributed by atoms with E-state index in [1.165, 1.54) is 5.56 Å². The van der Waals surface area contributed by atoms with Gasteiger partial charge in [-0.15, -0.1) is 0 Å². The molecule has 156 valence electrons. The third-order valence-electron chi connectivity index (χ3n) is 5.89. The van der Waals surface area contributed by atoms with E-state index in [4.69, 9.17) is 4.98 Å². The molecule has 0 saturated heterocycles. The van der Waals surface area contributed by atoms with Crippen LogP contribution in [0.5, 0.6) is 0 Å². The molecular weight excluding hydrogens is 388 g/mol. The SMILES string of the molecule is Cc1ccc2c(c1)CC(NC(=O)CCc1nc3c(c(=O)n1-c1ccccc1)CCC3)=N2. The van der Waals surface area contributed by atoms with E-state index in [1.807, 2.05) is 49.4 Å². The Hall–Kier alpha value is -3.54. The minimum atomic E-state index is -0.113. The highest BCUT2D eigenvalue weighted by atomic mass is 16.1. The lowest BCUT2D eigenvalue weighted by Crippen LogP contribution is -2.32. The van der Waals surface area contributed by atoms with Gasteiger partial charge in [-0.05, 0) is 49.9 Å². The van der Waals surface area contributed by atoms with Crippen LogP contribution in [0.4, 0.5) is 5.69 Å². The molecule has 5 rings (SSSR count). The Morgan fingerprint density at radius 2 is 1.97 bits per heavy atom. The topological polar surface area (TPSA) is 76.3 Å². The van der Waals surface area contributed by atoms with E-state index in [2.05, 4.69) is 16.4 Å². The zero-order valence-corrected chi connectivity index (χ0v) is 17.5. The first-order valence-corrected chi connectivity index (χ1v) is 10.7. The number of nitrogens with one attached hydrogen (secondary N) is 1. The number of fused-ring (bicyclic) bond motifs is 2. The van der Waals surface area contributed by atoms with Gasteiger partial charge in [0.05, 0.1) is 17.1 Å². The number of para-hydroxylation sites is 1. The highest BCUT2D eigenvalue weighted by Crippen LogP contribution is 2.26. The highest BCUT2D eigenvalue weighted by Gasteiger charge is 2.22. The number of nitrogens with zero attached hydrogens (tertiary/aromatic N) is 3. The molecule has 0 radical (unpaired) electrons. The van der Waals surface area contributed by atoms with Crippen molar-refractivity contribution < 1.29 is 4.79 Å². The first-order valence-electron chi connectivity index (χ1n) is 10.7. The fraction of sp³-hybridized carbons (Fsp3) is 0.280. The molecule has 31 heavy (non-hydrogen) atoms. The normalized spacial score (nSPS) is 14.2. The summed E-state index contributed by atoms with van der Waals surface area (Å²) in [6, 6.07) is 15.6. The Kier molecular flexibility index (Phi) is 4.98. The molecule has 0 spiro atoms. The summed E-state index contributed by atoms with van der Waals surface area (Å²) in [4.78, 5) is 35.1. The lowest BCUT2D eigenvalue weighted by atomic mass is 10.1. The predicted octanol–water partition coefficient (Wildman–Crippen LogP) is 3.36. The molecule has 0 saturated carbocycles. The molecule has 0 unspecified atom stereocenters. The molecule has 3 aromatic rings. The minimum Gasteiger partial charge on any atom is -0.314 e. The van der Waals surface area contributed by atoms with Gasteiger partial charge in [-0.2, -0.15) is 0 Å². The van der Waals surface area contributed by atoms with E-state index in [-0.39, 0.29) is 17.9 Å². The molecule has 2 aliphatic rings. The van der Waals surface area contributed by atoms with E-state index >= 15 is 0 Å². The third-order valence-corrected chi connectivity index (χ3v) is 5.89. The van der Waals surface area contributed by atoms with Crippen LogP contribution < -0.4 is 10.9 Å². The number of amidine groups is 1. The Balaban J connectivity index is 1.34. The van der Waals surface area contributed by atoms with Gasteiger partial charge in [0.2, 0.25) is 5.91 Å². The molecular formula is C25H24N4O2. The largest absolute Gasteiger partial charge is 0.314 e. The Morgan fingerprint density at radius 3 is 2.81 bits per heavy atom. The average molecular weight is 412 g/mol. The van der Waals surface area contributed by atoms with Crippen molar-refractivity contribution in [3.05, 3.63) is 87.1 Å². The lowest BCUT2D eigenvalue weighted by molar-refractivity contribution is -0.119. The number of amides is 1. The van der Waals surface area contributed by atoms with Crippen molar-refractivity contribution in [1.29, 1.82) is 0 Å². The fourth-order valence-electron chi connectivity index (χ4n) is 4.40. The summed E-state index contributed by atoms with van der Waals surface area (Å²) in [7, 11) is 0. The summed E-state index contributed by atoms with van der Waals surface area (Å²) >= 11 is 0. The molecule has 1 aliphatic heterocycles. The second-order valence-electron chi connectivity index (χ2n) is 8.20. The van der Waals surface area contributed by atoms with Gasteiger partial charge >= 0.3 is 0 Å². The van der Waals surface area contributed by atoms with E-state index in [9.17, 15) is 9.59 Å². The summed E-state index contributed by atoms with van der Waals surface area (Å²) < 4.78 is 1.67. The molecule has 2 heterocycles. The first-order chi connectivity index (χ1) is 15.1. The van der Waals surface area contributed by atoms with Crippen molar-refractivity contribution in [2.24, 2.45) is 4.99 Å². The lowest BCUT2D eigenvalue weighted by Gasteiger charge is -2.14. The van der Waals surface area contributed by atoms with Gasteiger partial charge in [0.15, 0.2) is 0 Å². The minimum absolute atomic E-state index is 0.00454. The molecule has 6 nitrogen and oxygen atoms in total. The number of carbonyl (C=O) groups is 1. The van der Waals surface area contributed by atoms with Crippen LogP contribution in [-0.2, 0) is 30.5 Å². The van der Waals surface area contributed by atoms with Crippen LogP contribution in [0.15, 0.2) is 58.3 Å². The van der Waals surface area contributed by atoms with E-state index in [1.54, 1.807) is 4.57 Å². The summed E-state index contributed by atoms with van der Waals surface area (Å²) in [6.45, 7) is 2.05. The standard InChI is InChI=1S/C25H24N4O2/c1-16-10-11-20-17(14-16)15-22(26-20)28-24(30)13-12-23-27-21-9-5-8-19(21)25(31)29(23)18-6-3-2-4-7-18/h2-4,6-7,10-11,14H,5,8-9,12-13,15H2,1H3,(H,26,28,30). The molecule has 2 aromatic carbocycles. The van der Waals surface area contributed by atoms with Crippen LogP contribution in [0.1, 0.15) is 41.1 Å². The predicted molar refractivity (Wildman–Crippen MR) is 120 cm³/mol. The van der Waals surface area contributed by atoms with Crippen molar-refractivity contribution in [3.8, 4) is 5.69 Å². The van der Waals surface area contributed by atoms with Gasteiger partial charge in [0, 0.05) is 24.8 Å². The number of hydrogen-bond donors (Lipinski definition) is 1.